The number of halogens is 1. The second-order valence-corrected chi connectivity index (χ2v) is 7.47. The molecule has 0 saturated heterocycles. The molecule has 2 aromatic heterocycles. The number of rotatable bonds is 6. The minimum Gasteiger partial charge on any atom is -0.309 e. The van der Waals surface area contributed by atoms with Crippen LogP contribution in [-0.4, -0.2) is 42.9 Å². The number of aryl methyl sites for hydroxylation is 2. The minimum atomic E-state index is -0.285. The van der Waals surface area contributed by atoms with Crippen molar-refractivity contribution >= 4 is 54.4 Å². The highest BCUT2D eigenvalue weighted by Gasteiger charge is 2.14. The van der Waals surface area contributed by atoms with E-state index in [1.807, 2.05) is 36.4 Å². The Kier molecular flexibility index (Phi) is 9.71. The highest BCUT2D eigenvalue weighted by molar-refractivity contribution is 7.81. The molecule has 0 spiro atoms. The number of nitrogens with one attached hydrogen (secondary N) is 1. The summed E-state index contributed by atoms with van der Waals surface area (Å²) in [6, 6.07) is 11.3. The summed E-state index contributed by atoms with van der Waals surface area (Å²) in [6.45, 7) is 3.57. The number of carbonyl (C=O) groups excluding carboxylic acids is 2. The van der Waals surface area contributed by atoms with Crippen LogP contribution in [-0.2, 0) is 16.0 Å². The fraction of sp³-hybridized carbons (Fsp3) is 0.238. The van der Waals surface area contributed by atoms with Crippen LogP contribution in [0.5, 0.6) is 0 Å². The van der Waals surface area contributed by atoms with Gasteiger partial charge in [-0.15, -0.1) is 0 Å². The van der Waals surface area contributed by atoms with E-state index in [4.69, 9.17) is 16.9 Å². The van der Waals surface area contributed by atoms with E-state index in [0.29, 0.717) is 33.6 Å². The van der Waals surface area contributed by atoms with Crippen LogP contribution >= 0.6 is 36.9 Å². The number of anilines is 1. The first kappa shape index (κ1) is 25.4. The predicted molar refractivity (Wildman–Crippen MR) is 130 cm³/mol. The quantitative estimate of drug-likeness (QED) is 0.458. The van der Waals surface area contributed by atoms with Gasteiger partial charge in [0, 0.05) is 5.75 Å². The molecule has 0 bridgehead atoms. The zero-order valence-corrected chi connectivity index (χ0v) is 20.0. The van der Waals surface area contributed by atoms with E-state index < -0.39 is 0 Å². The second kappa shape index (κ2) is 12.2. The monoisotopic (exact) mass is 488 g/mol. The lowest BCUT2D eigenvalue weighted by molar-refractivity contribution is -0.116. The molecule has 2 heterocycles. The van der Waals surface area contributed by atoms with Crippen molar-refractivity contribution in [2.75, 3.05) is 16.8 Å². The third-order valence-electron chi connectivity index (χ3n) is 4.03. The molecule has 8 nitrogen and oxygen atoms in total. The molecule has 1 N–H and O–H groups in total. The lowest BCUT2D eigenvalue weighted by Crippen LogP contribution is -2.16. The number of hydrogen-bond donors (Lipinski definition) is 3. The zero-order chi connectivity index (χ0) is 23.7. The van der Waals surface area contributed by atoms with Gasteiger partial charge in [-0.1, -0.05) is 29.8 Å². The van der Waals surface area contributed by atoms with E-state index in [9.17, 15) is 9.59 Å². The van der Waals surface area contributed by atoms with E-state index in [2.05, 4.69) is 45.6 Å². The molecule has 0 fully saturated rings. The SMILES string of the molecule is Cc1nc(C)c(Cl)c(CC(=O)CS)n1.N#Cc1cnn(-c2ccccc2)c1NC(=O)CS. The zero-order valence-electron chi connectivity index (χ0n) is 17.4. The summed E-state index contributed by atoms with van der Waals surface area (Å²) >= 11 is 13.7. The third-order valence-corrected chi connectivity index (χ3v) is 5.16. The number of ketones is 1. The molecule has 0 aliphatic carbocycles. The highest BCUT2D eigenvalue weighted by atomic mass is 35.5. The predicted octanol–water partition coefficient (Wildman–Crippen LogP) is 3.40. The first-order valence-corrected chi connectivity index (χ1v) is 11.0. The van der Waals surface area contributed by atoms with Gasteiger partial charge in [-0.3, -0.25) is 9.59 Å². The van der Waals surface area contributed by atoms with E-state index in [1.54, 1.807) is 13.8 Å². The fourth-order valence-electron chi connectivity index (χ4n) is 2.62. The number of nitriles is 1. The van der Waals surface area contributed by atoms with Gasteiger partial charge < -0.3 is 5.32 Å². The fourth-order valence-corrected chi connectivity index (χ4v) is 2.96. The van der Waals surface area contributed by atoms with E-state index in [-0.39, 0.29) is 29.6 Å². The topological polar surface area (TPSA) is 114 Å². The van der Waals surface area contributed by atoms with Crippen molar-refractivity contribution < 1.29 is 9.59 Å². The maximum absolute atomic E-state index is 11.4. The van der Waals surface area contributed by atoms with Crippen LogP contribution in [0.3, 0.4) is 0 Å². The highest BCUT2D eigenvalue weighted by Crippen LogP contribution is 2.20. The van der Waals surface area contributed by atoms with Gasteiger partial charge in [0.05, 0.1) is 40.5 Å². The summed E-state index contributed by atoms with van der Waals surface area (Å²) in [4.78, 5) is 30.8. The lowest BCUT2D eigenvalue weighted by Gasteiger charge is -2.08. The van der Waals surface area contributed by atoms with Crippen LogP contribution in [0.25, 0.3) is 5.69 Å². The Labute approximate surface area is 201 Å². The summed E-state index contributed by atoms with van der Waals surface area (Å²) in [6.07, 6.45) is 1.65. The number of hydrogen-bond acceptors (Lipinski definition) is 8. The maximum Gasteiger partial charge on any atom is 0.235 e. The molecule has 3 rings (SSSR count). The molecule has 0 aliphatic heterocycles. The number of thiol groups is 2. The minimum absolute atomic E-state index is 0.00716. The standard InChI is InChI=1S/C12H10N4OS.C9H11ClN2OS/c13-6-9-7-14-16(10-4-2-1-3-5-10)12(9)15-11(17)8-18;1-5-9(10)8(3-7(13)4-14)12-6(2)11-5/h1-5,7,18H,8H2,(H,15,17);14H,3-4H2,1-2H3. The molecule has 0 saturated carbocycles. The summed E-state index contributed by atoms with van der Waals surface area (Å²) in [5, 5.41) is 16.2. The molecule has 0 aliphatic rings. The normalized spacial score (nSPS) is 10.0. The Morgan fingerprint density at radius 3 is 2.44 bits per heavy atom. The largest absolute Gasteiger partial charge is 0.309 e. The molecular formula is C21H21ClN6O2S2. The Morgan fingerprint density at radius 1 is 1.16 bits per heavy atom. The van der Waals surface area contributed by atoms with E-state index >= 15 is 0 Å². The van der Waals surface area contributed by atoms with Crippen molar-refractivity contribution in [3.63, 3.8) is 0 Å². The van der Waals surface area contributed by atoms with Crippen molar-refractivity contribution in [3.8, 4) is 11.8 Å². The van der Waals surface area contributed by atoms with Gasteiger partial charge in [0.1, 0.15) is 23.2 Å². The van der Waals surface area contributed by atoms with Crippen molar-refractivity contribution in [1.29, 1.82) is 5.26 Å². The third kappa shape index (κ3) is 6.82. The van der Waals surface area contributed by atoms with Crippen LogP contribution in [0.1, 0.15) is 22.8 Å². The molecule has 0 radical (unpaired) electrons. The maximum atomic E-state index is 11.4. The number of nitrogens with zero attached hydrogens (tertiary/aromatic N) is 5. The lowest BCUT2D eigenvalue weighted by atomic mass is 10.2. The average molecular weight is 489 g/mol. The second-order valence-electron chi connectivity index (χ2n) is 6.46. The number of para-hydroxylation sites is 1. The van der Waals surface area contributed by atoms with Gasteiger partial charge in [0.15, 0.2) is 5.82 Å². The summed E-state index contributed by atoms with van der Waals surface area (Å²) in [5.74, 6) is 0.973. The molecule has 0 unspecified atom stereocenters. The molecule has 166 valence electrons. The summed E-state index contributed by atoms with van der Waals surface area (Å²) < 4.78 is 1.51. The van der Waals surface area contributed by atoms with Crippen molar-refractivity contribution in [2.24, 2.45) is 0 Å². The molecule has 11 heteroatoms. The number of benzene rings is 1. The molecule has 32 heavy (non-hydrogen) atoms. The van der Waals surface area contributed by atoms with Gasteiger partial charge in [-0.25, -0.2) is 14.6 Å². The number of amides is 1. The molecule has 3 aromatic rings. The van der Waals surface area contributed by atoms with Crippen LogP contribution in [0.15, 0.2) is 36.5 Å². The number of carbonyl (C=O) groups is 2. The van der Waals surface area contributed by atoms with Crippen LogP contribution in [0.2, 0.25) is 5.02 Å². The Balaban J connectivity index is 0.000000235. The van der Waals surface area contributed by atoms with Crippen LogP contribution < -0.4 is 5.32 Å². The van der Waals surface area contributed by atoms with E-state index in [0.717, 1.165) is 5.69 Å². The van der Waals surface area contributed by atoms with Gasteiger partial charge in [-0.2, -0.15) is 35.6 Å². The Bertz CT molecular complexity index is 1150. The molecule has 0 atom stereocenters. The molecular weight excluding hydrogens is 468 g/mol. The first-order valence-electron chi connectivity index (χ1n) is 9.37. The van der Waals surface area contributed by atoms with Gasteiger partial charge in [0.2, 0.25) is 5.91 Å². The summed E-state index contributed by atoms with van der Waals surface area (Å²) in [7, 11) is 0. The molecule has 1 amide bonds. The van der Waals surface area contributed by atoms with Gasteiger partial charge in [-0.05, 0) is 26.0 Å². The number of Topliss-reactive ketones (excluding diaryl/α,β-unsaturated/α-hetero) is 1. The van der Waals surface area contributed by atoms with Crippen molar-refractivity contribution in [1.82, 2.24) is 19.7 Å². The summed E-state index contributed by atoms with van der Waals surface area (Å²) in [5.41, 5.74) is 2.39. The van der Waals surface area contributed by atoms with Gasteiger partial charge >= 0.3 is 0 Å². The molecule has 1 aromatic carbocycles. The van der Waals surface area contributed by atoms with E-state index in [1.165, 1.54) is 10.9 Å². The Hall–Kier alpha value is -2.87. The van der Waals surface area contributed by atoms with Gasteiger partial charge in [0.25, 0.3) is 0 Å². The Morgan fingerprint density at radius 2 is 1.84 bits per heavy atom. The van der Waals surface area contributed by atoms with Crippen LogP contribution in [0, 0.1) is 25.2 Å². The average Bonchev–Trinajstić information content (AvgIpc) is 3.20. The van der Waals surface area contributed by atoms with Crippen molar-refractivity contribution in [3.05, 3.63) is 64.3 Å². The number of aromatic nitrogens is 4. The van der Waals surface area contributed by atoms with Crippen molar-refractivity contribution in [2.45, 2.75) is 20.3 Å². The smallest absolute Gasteiger partial charge is 0.235 e. The van der Waals surface area contributed by atoms with Crippen LogP contribution in [0.4, 0.5) is 5.82 Å². The first-order chi connectivity index (χ1) is 15.3.